The molecule has 0 radical (unpaired) electrons. The van der Waals surface area contributed by atoms with Gasteiger partial charge in [0.05, 0.1) is 5.56 Å². The summed E-state index contributed by atoms with van der Waals surface area (Å²) < 4.78 is 0. The third-order valence-corrected chi connectivity index (χ3v) is 4.30. The highest BCUT2D eigenvalue weighted by molar-refractivity contribution is 7.98. The molecule has 104 valence electrons. The van der Waals surface area contributed by atoms with Crippen molar-refractivity contribution >= 4 is 17.7 Å². The molecule has 2 nitrogen and oxygen atoms in total. The van der Waals surface area contributed by atoms with Crippen molar-refractivity contribution in [3.63, 3.8) is 0 Å². The first-order chi connectivity index (χ1) is 9.58. The molecule has 0 saturated heterocycles. The summed E-state index contributed by atoms with van der Waals surface area (Å²) in [5.74, 6) is 0.440. The van der Waals surface area contributed by atoms with Gasteiger partial charge in [0.2, 0.25) is 0 Å². The van der Waals surface area contributed by atoms with Gasteiger partial charge in [-0.25, -0.2) is 4.79 Å². The molecule has 0 saturated carbocycles. The molecule has 20 heavy (non-hydrogen) atoms. The van der Waals surface area contributed by atoms with Crippen LogP contribution in [-0.2, 0) is 5.75 Å². The summed E-state index contributed by atoms with van der Waals surface area (Å²) >= 11 is 1.56. The first kappa shape index (κ1) is 14.7. The van der Waals surface area contributed by atoms with Crippen LogP contribution in [0.25, 0.3) is 0 Å². The Labute approximate surface area is 123 Å². The van der Waals surface area contributed by atoms with Gasteiger partial charge >= 0.3 is 5.97 Å². The van der Waals surface area contributed by atoms with Crippen LogP contribution in [0.4, 0.5) is 0 Å². The molecule has 0 amide bonds. The molecular weight excluding hydrogens is 268 g/mol. The van der Waals surface area contributed by atoms with Crippen LogP contribution in [0.3, 0.4) is 0 Å². The zero-order chi connectivity index (χ0) is 14.5. The Kier molecular flexibility index (Phi) is 4.85. The molecule has 0 spiro atoms. The van der Waals surface area contributed by atoms with E-state index in [2.05, 4.69) is 38.1 Å². The Balaban J connectivity index is 2.07. The van der Waals surface area contributed by atoms with Crippen molar-refractivity contribution in [3.05, 3.63) is 65.2 Å². The molecule has 2 aromatic rings. The van der Waals surface area contributed by atoms with Gasteiger partial charge in [0, 0.05) is 10.6 Å². The smallest absolute Gasteiger partial charge is 0.336 e. The van der Waals surface area contributed by atoms with Crippen molar-refractivity contribution in [2.75, 3.05) is 0 Å². The Morgan fingerprint density at radius 3 is 2.35 bits per heavy atom. The van der Waals surface area contributed by atoms with E-state index in [-0.39, 0.29) is 0 Å². The second kappa shape index (κ2) is 6.62. The van der Waals surface area contributed by atoms with E-state index >= 15 is 0 Å². The van der Waals surface area contributed by atoms with Gasteiger partial charge in [0.15, 0.2) is 0 Å². The summed E-state index contributed by atoms with van der Waals surface area (Å²) in [5.41, 5.74) is 2.90. The molecule has 0 heterocycles. The molecule has 0 fully saturated rings. The molecule has 1 N–H and O–H groups in total. The van der Waals surface area contributed by atoms with Gasteiger partial charge in [-0.05, 0) is 29.2 Å². The lowest BCUT2D eigenvalue weighted by Gasteiger charge is -2.08. The second-order valence-electron chi connectivity index (χ2n) is 4.99. The van der Waals surface area contributed by atoms with Crippen LogP contribution < -0.4 is 0 Å². The topological polar surface area (TPSA) is 37.3 Å². The predicted octanol–water partition coefficient (Wildman–Crippen LogP) is 4.80. The Morgan fingerprint density at radius 1 is 1.10 bits per heavy atom. The van der Waals surface area contributed by atoms with Gasteiger partial charge in [0.1, 0.15) is 0 Å². The van der Waals surface area contributed by atoms with Crippen molar-refractivity contribution in [1.29, 1.82) is 0 Å². The van der Waals surface area contributed by atoms with Crippen LogP contribution >= 0.6 is 11.8 Å². The minimum absolute atomic E-state index is 0.372. The molecule has 0 unspecified atom stereocenters. The number of carboxylic acids is 1. The number of thioether (sulfide) groups is 1. The van der Waals surface area contributed by atoms with E-state index in [9.17, 15) is 4.79 Å². The van der Waals surface area contributed by atoms with Crippen LogP contribution in [0.2, 0.25) is 0 Å². The van der Waals surface area contributed by atoms with E-state index in [1.54, 1.807) is 23.9 Å². The quantitative estimate of drug-likeness (QED) is 0.802. The number of hydrogen-bond donors (Lipinski definition) is 1. The Bertz CT molecular complexity index is 588. The predicted molar refractivity (Wildman–Crippen MR) is 83.5 cm³/mol. The second-order valence-corrected chi connectivity index (χ2v) is 6.00. The van der Waals surface area contributed by atoms with Gasteiger partial charge in [-0.3, -0.25) is 0 Å². The lowest BCUT2D eigenvalue weighted by Crippen LogP contribution is -1.98. The van der Waals surface area contributed by atoms with E-state index in [4.69, 9.17) is 5.11 Å². The van der Waals surface area contributed by atoms with E-state index in [1.807, 2.05) is 12.1 Å². The highest BCUT2D eigenvalue weighted by atomic mass is 32.2. The van der Waals surface area contributed by atoms with E-state index in [1.165, 1.54) is 11.1 Å². The molecule has 0 bridgehead atoms. The van der Waals surface area contributed by atoms with E-state index in [0.29, 0.717) is 11.5 Å². The number of rotatable bonds is 5. The van der Waals surface area contributed by atoms with Crippen molar-refractivity contribution in [2.45, 2.75) is 30.4 Å². The van der Waals surface area contributed by atoms with Crippen LogP contribution in [0, 0.1) is 0 Å². The molecule has 0 aliphatic heterocycles. The normalized spacial score (nSPS) is 10.8. The summed E-state index contributed by atoms with van der Waals surface area (Å²) in [5, 5.41) is 9.15. The minimum atomic E-state index is -0.872. The maximum Gasteiger partial charge on any atom is 0.336 e. The SMILES string of the molecule is CC(C)c1ccc(CSc2ccccc2C(=O)O)cc1. The van der Waals surface area contributed by atoms with Crippen LogP contribution in [0.5, 0.6) is 0 Å². The summed E-state index contributed by atoms with van der Waals surface area (Å²) in [7, 11) is 0. The summed E-state index contributed by atoms with van der Waals surface area (Å²) in [6.45, 7) is 4.35. The fraction of sp³-hybridized carbons (Fsp3) is 0.235. The fourth-order valence-corrected chi connectivity index (χ4v) is 2.93. The average molecular weight is 286 g/mol. The standard InChI is InChI=1S/C17H18O2S/c1-12(2)14-9-7-13(8-10-14)11-20-16-6-4-3-5-15(16)17(18)19/h3-10,12H,11H2,1-2H3,(H,18,19). The number of aromatic carboxylic acids is 1. The first-order valence-corrected chi connectivity index (χ1v) is 7.60. The third kappa shape index (κ3) is 3.64. The number of benzene rings is 2. The lowest BCUT2D eigenvalue weighted by molar-refractivity contribution is 0.0693. The fourth-order valence-electron chi connectivity index (χ4n) is 1.93. The summed E-state index contributed by atoms with van der Waals surface area (Å²) in [4.78, 5) is 12.0. The molecule has 3 heteroatoms. The number of carboxylic acid groups (broad SMARTS) is 1. The van der Waals surface area contributed by atoms with E-state index < -0.39 is 5.97 Å². The molecular formula is C17H18O2S. The van der Waals surface area contributed by atoms with Crippen molar-refractivity contribution in [2.24, 2.45) is 0 Å². The van der Waals surface area contributed by atoms with Crippen LogP contribution in [0.15, 0.2) is 53.4 Å². The Hall–Kier alpha value is -1.74. The lowest BCUT2D eigenvalue weighted by atomic mass is 10.0. The zero-order valence-corrected chi connectivity index (χ0v) is 12.5. The van der Waals surface area contributed by atoms with Gasteiger partial charge in [0.25, 0.3) is 0 Å². The number of carbonyl (C=O) groups is 1. The third-order valence-electron chi connectivity index (χ3n) is 3.16. The van der Waals surface area contributed by atoms with Crippen LogP contribution in [-0.4, -0.2) is 11.1 Å². The largest absolute Gasteiger partial charge is 0.478 e. The minimum Gasteiger partial charge on any atom is -0.478 e. The number of hydrogen-bond acceptors (Lipinski definition) is 2. The molecule has 0 atom stereocenters. The maximum absolute atomic E-state index is 11.1. The van der Waals surface area contributed by atoms with Crippen LogP contribution in [0.1, 0.15) is 41.3 Å². The Morgan fingerprint density at radius 2 is 1.75 bits per heavy atom. The van der Waals surface area contributed by atoms with Gasteiger partial charge in [-0.2, -0.15) is 0 Å². The highest BCUT2D eigenvalue weighted by Gasteiger charge is 2.09. The summed E-state index contributed by atoms with van der Waals surface area (Å²) in [6, 6.07) is 15.6. The molecule has 0 aliphatic carbocycles. The van der Waals surface area contributed by atoms with Crippen molar-refractivity contribution in [3.8, 4) is 0 Å². The van der Waals surface area contributed by atoms with Crippen molar-refractivity contribution in [1.82, 2.24) is 0 Å². The molecule has 2 rings (SSSR count). The summed E-state index contributed by atoms with van der Waals surface area (Å²) in [6.07, 6.45) is 0. The molecule has 0 aliphatic rings. The highest BCUT2D eigenvalue weighted by Crippen LogP contribution is 2.27. The van der Waals surface area contributed by atoms with Gasteiger partial charge < -0.3 is 5.11 Å². The van der Waals surface area contributed by atoms with E-state index in [0.717, 1.165) is 10.6 Å². The first-order valence-electron chi connectivity index (χ1n) is 6.62. The van der Waals surface area contributed by atoms with Gasteiger partial charge in [-0.15, -0.1) is 11.8 Å². The molecule has 2 aromatic carbocycles. The van der Waals surface area contributed by atoms with Gasteiger partial charge in [-0.1, -0.05) is 50.2 Å². The monoisotopic (exact) mass is 286 g/mol. The molecule has 0 aromatic heterocycles. The zero-order valence-electron chi connectivity index (χ0n) is 11.7. The maximum atomic E-state index is 11.1. The van der Waals surface area contributed by atoms with Crippen molar-refractivity contribution < 1.29 is 9.90 Å². The average Bonchev–Trinajstić information content (AvgIpc) is 2.45.